The number of hydrogen-bond donors (Lipinski definition) is 1. The van der Waals surface area contributed by atoms with Crippen molar-refractivity contribution in [2.24, 2.45) is 5.92 Å². The number of halogens is 2. The predicted octanol–water partition coefficient (Wildman–Crippen LogP) is 3.68. The van der Waals surface area contributed by atoms with Crippen LogP contribution in [0.5, 0.6) is 0 Å². The van der Waals surface area contributed by atoms with Crippen molar-refractivity contribution in [2.75, 3.05) is 0 Å². The Morgan fingerprint density at radius 2 is 2.15 bits per heavy atom. The highest BCUT2D eigenvalue weighted by Crippen LogP contribution is 2.31. The Balaban J connectivity index is 2.16. The van der Waals surface area contributed by atoms with Crippen molar-refractivity contribution in [2.45, 2.75) is 38.1 Å². The third-order valence-electron chi connectivity index (χ3n) is 3.87. The van der Waals surface area contributed by atoms with Gasteiger partial charge >= 0.3 is 0 Å². The van der Waals surface area contributed by atoms with Gasteiger partial charge in [-0.05, 0) is 49.8 Å². The Labute approximate surface area is 122 Å². The molecule has 1 aliphatic carbocycles. The first-order valence-electron chi connectivity index (χ1n) is 6.64. The topological polar surface area (TPSA) is 52.9 Å². The summed E-state index contributed by atoms with van der Waals surface area (Å²) in [5.74, 6) is -0.678. The van der Waals surface area contributed by atoms with Gasteiger partial charge in [0.25, 0.3) is 5.91 Å². The summed E-state index contributed by atoms with van der Waals surface area (Å²) in [6.45, 7) is 2.13. The second kappa shape index (κ2) is 5.80. The average molecular weight is 295 g/mol. The number of nitriles is 1. The monoisotopic (exact) mass is 294 g/mol. The van der Waals surface area contributed by atoms with Crippen molar-refractivity contribution in [3.05, 3.63) is 34.6 Å². The highest BCUT2D eigenvalue weighted by molar-refractivity contribution is 6.30. The van der Waals surface area contributed by atoms with E-state index in [1.165, 1.54) is 12.1 Å². The maximum Gasteiger partial charge on any atom is 0.255 e. The second-order valence-electron chi connectivity index (χ2n) is 5.45. The molecular weight excluding hydrogens is 279 g/mol. The lowest BCUT2D eigenvalue weighted by Gasteiger charge is -2.34. The van der Waals surface area contributed by atoms with E-state index < -0.39 is 17.3 Å². The molecule has 1 fully saturated rings. The molecule has 0 unspecified atom stereocenters. The van der Waals surface area contributed by atoms with Gasteiger partial charge in [0.1, 0.15) is 11.4 Å². The van der Waals surface area contributed by atoms with Crippen LogP contribution in [-0.4, -0.2) is 11.4 Å². The van der Waals surface area contributed by atoms with Gasteiger partial charge in [0.2, 0.25) is 0 Å². The standard InChI is InChI=1S/C15H16ClFN2O/c1-10-4-6-15(9-18,7-5-10)19-14(20)12-3-2-11(16)8-13(12)17/h2-3,8,10H,4-7H2,1H3,(H,19,20). The molecule has 0 heterocycles. The van der Waals surface area contributed by atoms with Crippen LogP contribution in [0.2, 0.25) is 5.02 Å². The molecule has 5 heteroatoms. The molecule has 0 saturated heterocycles. The first kappa shape index (κ1) is 14.8. The van der Waals surface area contributed by atoms with Crippen LogP contribution in [0.3, 0.4) is 0 Å². The van der Waals surface area contributed by atoms with Crippen molar-refractivity contribution in [3.63, 3.8) is 0 Å². The molecule has 20 heavy (non-hydrogen) atoms. The minimum Gasteiger partial charge on any atom is -0.334 e. The molecule has 1 saturated carbocycles. The van der Waals surface area contributed by atoms with E-state index >= 15 is 0 Å². The maximum atomic E-state index is 13.7. The van der Waals surface area contributed by atoms with Crippen molar-refractivity contribution < 1.29 is 9.18 Å². The SMILES string of the molecule is CC1CCC(C#N)(NC(=O)c2ccc(Cl)cc2F)CC1. The first-order chi connectivity index (χ1) is 9.46. The summed E-state index contributed by atoms with van der Waals surface area (Å²) >= 11 is 5.66. The fourth-order valence-electron chi connectivity index (χ4n) is 2.48. The number of nitrogens with zero attached hydrogens (tertiary/aromatic N) is 1. The molecule has 106 valence electrons. The number of amides is 1. The predicted molar refractivity (Wildman–Crippen MR) is 74.9 cm³/mol. The summed E-state index contributed by atoms with van der Waals surface area (Å²) in [7, 11) is 0. The van der Waals surface area contributed by atoms with Crippen LogP contribution in [0.15, 0.2) is 18.2 Å². The van der Waals surface area contributed by atoms with Crippen molar-refractivity contribution in [1.82, 2.24) is 5.32 Å². The van der Waals surface area contributed by atoms with Crippen LogP contribution in [0, 0.1) is 23.1 Å². The summed E-state index contributed by atoms with van der Waals surface area (Å²) in [6.07, 6.45) is 2.98. The molecule has 0 spiro atoms. The van der Waals surface area contributed by atoms with Gasteiger partial charge in [-0.15, -0.1) is 0 Å². The van der Waals surface area contributed by atoms with Gasteiger partial charge in [0, 0.05) is 5.02 Å². The van der Waals surface area contributed by atoms with Crippen LogP contribution in [0.1, 0.15) is 43.0 Å². The first-order valence-corrected chi connectivity index (χ1v) is 7.02. The maximum absolute atomic E-state index is 13.7. The highest BCUT2D eigenvalue weighted by Gasteiger charge is 2.36. The minimum atomic E-state index is -0.879. The molecule has 0 aliphatic heterocycles. The summed E-state index contributed by atoms with van der Waals surface area (Å²) in [6, 6.07) is 6.08. The summed E-state index contributed by atoms with van der Waals surface area (Å²) in [5.41, 5.74) is -0.960. The summed E-state index contributed by atoms with van der Waals surface area (Å²) in [4.78, 5) is 12.1. The van der Waals surface area contributed by atoms with Crippen molar-refractivity contribution in [1.29, 1.82) is 5.26 Å². The Morgan fingerprint density at radius 1 is 1.50 bits per heavy atom. The largest absolute Gasteiger partial charge is 0.334 e. The molecule has 1 aliphatic rings. The molecule has 2 rings (SSSR count). The van der Waals surface area contributed by atoms with Crippen LogP contribution in [0.4, 0.5) is 4.39 Å². The summed E-state index contributed by atoms with van der Waals surface area (Å²) in [5, 5.41) is 12.3. The number of benzene rings is 1. The zero-order valence-electron chi connectivity index (χ0n) is 11.2. The van der Waals surface area contributed by atoms with Gasteiger partial charge in [0.15, 0.2) is 0 Å². The van der Waals surface area contributed by atoms with Gasteiger partial charge in [-0.1, -0.05) is 18.5 Å². The number of hydrogen-bond acceptors (Lipinski definition) is 2. The molecule has 1 N–H and O–H groups in total. The fourth-order valence-corrected chi connectivity index (χ4v) is 2.64. The van der Waals surface area contributed by atoms with Crippen LogP contribution < -0.4 is 5.32 Å². The zero-order chi connectivity index (χ0) is 14.8. The smallest absolute Gasteiger partial charge is 0.255 e. The molecule has 1 amide bonds. The average Bonchev–Trinajstić information content (AvgIpc) is 2.41. The number of carbonyl (C=O) groups is 1. The molecule has 0 atom stereocenters. The molecule has 0 radical (unpaired) electrons. The zero-order valence-corrected chi connectivity index (χ0v) is 12.0. The molecule has 1 aromatic rings. The quantitative estimate of drug-likeness (QED) is 0.904. The summed E-state index contributed by atoms with van der Waals surface area (Å²) < 4.78 is 13.7. The molecular formula is C15H16ClFN2O. The van der Waals surface area contributed by atoms with Gasteiger partial charge in [-0.2, -0.15) is 5.26 Å². The molecule has 0 bridgehead atoms. The van der Waals surface area contributed by atoms with Gasteiger partial charge < -0.3 is 5.32 Å². The van der Waals surface area contributed by atoms with E-state index in [4.69, 9.17) is 11.6 Å². The third-order valence-corrected chi connectivity index (χ3v) is 4.11. The van der Waals surface area contributed by atoms with E-state index in [0.29, 0.717) is 18.8 Å². The van der Waals surface area contributed by atoms with E-state index in [-0.39, 0.29) is 10.6 Å². The normalized spacial score (nSPS) is 25.8. The van der Waals surface area contributed by atoms with E-state index in [0.717, 1.165) is 18.9 Å². The van der Waals surface area contributed by atoms with E-state index in [1.807, 2.05) is 0 Å². The number of rotatable bonds is 2. The van der Waals surface area contributed by atoms with E-state index in [9.17, 15) is 14.4 Å². The van der Waals surface area contributed by atoms with Gasteiger partial charge in [-0.25, -0.2) is 4.39 Å². The highest BCUT2D eigenvalue weighted by atomic mass is 35.5. The second-order valence-corrected chi connectivity index (χ2v) is 5.89. The van der Waals surface area contributed by atoms with Crippen LogP contribution in [-0.2, 0) is 0 Å². The lowest BCUT2D eigenvalue weighted by atomic mass is 9.78. The number of nitrogens with one attached hydrogen (secondary N) is 1. The lowest BCUT2D eigenvalue weighted by molar-refractivity contribution is 0.0890. The molecule has 0 aromatic heterocycles. The minimum absolute atomic E-state index is 0.0809. The van der Waals surface area contributed by atoms with Gasteiger partial charge in [-0.3, -0.25) is 4.79 Å². The van der Waals surface area contributed by atoms with Crippen LogP contribution >= 0.6 is 11.6 Å². The van der Waals surface area contributed by atoms with Gasteiger partial charge in [0.05, 0.1) is 11.6 Å². The fraction of sp³-hybridized carbons (Fsp3) is 0.467. The van der Waals surface area contributed by atoms with Crippen LogP contribution in [0.25, 0.3) is 0 Å². The Bertz CT molecular complexity index is 559. The molecule has 1 aromatic carbocycles. The van der Waals surface area contributed by atoms with Crippen molar-refractivity contribution >= 4 is 17.5 Å². The Kier molecular flexibility index (Phi) is 4.29. The number of carbonyl (C=O) groups excluding carboxylic acids is 1. The van der Waals surface area contributed by atoms with E-state index in [1.54, 1.807) is 0 Å². The Morgan fingerprint density at radius 3 is 2.70 bits per heavy atom. The van der Waals surface area contributed by atoms with E-state index in [2.05, 4.69) is 18.3 Å². The third kappa shape index (κ3) is 3.10. The lowest BCUT2D eigenvalue weighted by Crippen LogP contribution is -2.49. The molecule has 3 nitrogen and oxygen atoms in total. The van der Waals surface area contributed by atoms with Crippen molar-refractivity contribution in [3.8, 4) is 6.07 Å². The Hall–Kier alpha value is -1.60.